The fourth-order valence-corrected chi connectivity index (χ4v) is 1.45. The highest BCUT2D eigenvalue weighted by Crippen LogP contribution is 2.27. The molecule has 0 spiro atoms. The summed E-state index contributed by atoms with van der Waals surface area (Å²) >= 11 is 5.86. The van der Waals surface area contributed by atoms with E-state index < -0.39 is 5.91 Å². The average molecular weight is 243 g/mol. The number of rotatable bonds is 5. The molecule has 88 valence electrons. The van der Waals surface area contributed by atoms with Gasteiger partial charge in [-0.25, -0.2) is 0 Å². The van der Waals surface area contributed by atoms with Crippen LogP contribution in [0.4, 0.5) is 0 Å². The predicted octanol–water partition coefficient (Wildman–Crippen LogP) is 1.61. The Kier molecular flexibility index (Phi) is 4.58. The second-order valence-electron chi connectivity index (χ2n) is 3.54. The first-order valence-electron chi connectivity index (χ1n) is 4.97. The molecular weight excluding hydrogens is 228 g/mol. The van der Waals surface area contributed by atoms with E-state index >= 15 is 0 Å². The number of amides is 1. The molecule has 16 heavy (non-hydrogen) atoms. The minimum Gasteiger partial charge on any atom is -0.493 e. The van der Waals surface area contributed by atoms with Gasteiger partial charge in [0, 0.05) is 16.6 Å². The van der Waals surface area contributed by atoms with Gasteiger partial charge in [0.05, 0.1) is 13.0 Å². The number of carbonyl (C=O) groups is 1. The van der Waals surface area contributed by atoms with Crippen LogP contribution in [0.25, 0.3) is 0 Å². The summed E-state index contributed by atoms with van der Waals surface area (Å²) in [7, 11) is 0. The van der Waals surface area contributed by atoms with Crippen molar-refractivity contribution in [3.05, 3.63) is 28.8 Å². The Balaban J connectivity index is 2.74. The summed E-state index contributed by atoms with van der Waals surface area (Å²) in [4.78, 5) is 10.6. The van der Waals surface area contributed by atoms with E-state index in [9.17, 15) is 4.79 Å². The fraction of sp³-hybridized carbons (Fsp3) is 0.364. The highest BCUT2D eigenvalue weighted by molar-refractivity contribution is 6.30. The van der Waals surface area contributed by atoms with Crippen LogP contribution < -0.4 is 16.2 Å². The second kappa shape index (κ2) is 5.72. The molecule has 0 fully saturated rings. The molecule has 0 heterocycles. The number of halogens is 1. The Labute approximate surface area is 99.5 Å². The van der Waals surface area contributed by atoms with Crippen molar-refractivity contribution in [2.75, 3.05) is 6.61 Å². The number of benzene rings is 1. The SMILES string of the molecule is CC(N)c1cc(Cl)ccc1OCCC(N)=O. The maximum atomic E-state index is 10.6. The molecule has 5 heteroatoms. The van der Waals surface area contributed by atoms with Crippen LogP contribution in [0.1, 0.15) is 24.9 Å². The zero-order valence-corrected chi connectivity index (χ0v) is 9.83. The summed E-state index contributed by atoms with van der Waals surface area (Å²) in [5.41, 5.74) is 11.6. The maximum Gasteiger partial charge on any atom is 0.220 e. The molecule has 0 bridgehead atoms. The molecule has 1 aromatic rings. The lowest BCUT2D eigenvalue weighted by molar-refractivity contribution is -0.118. The molecule has 0 aromatic heterocycles. The Bertz CT molecular complexity index is 380. The standard InChI is InChI=1S/C11H15ClN2O2/c1-7(13)9-6-8(12)2-3-10(9)16-5-4-11(14)15/h2-3,6-7H,4-5,13H2,1H3,(H2,14,15). The molecule has 1 aromatic carbocycles. The van der Waals surface area contributed by atoms with Crippen molar-refractivity contribution in [1.29, 1.82) is 0 Å². The normalized spacial score (nSPS) is 12.2. The summed E-state index contributed by atoms with van der Waals surface area (Å²) in [5, 5.41) is 0.606. The van der Waals surface area contributed by atoms with Gasteiger partial charge < -0.3 is 16.2 Å². The van der Waals surface area contributed by atoms with E-state index in [0.717, 1.165) is 5.56 Å². The number of carbonyl (C=O) groups excluding carboxylic acids is 1. The van der Waals surface area contributed by atoms with Gasteiger partial charge in [-0.2, -0.15) is 0 Å². The number of hydrogen-bond donors (Lipinski definition) is 2. The zero-order chi connectivity index (χ0) is 12.1. The molecule has 1 rings (SSSR count). The molecule has 0 radical (unpaired) electrons. The van der Waals surface area contributed by atoms with Gasteiger partial charge in [0.15, 0.2) is 0 Å². The van der Waals surface area contributed by atoms with Crippen molar-refractivity contribution < 1.29 is 9.53 Å². The van der Waals surface area contributed by atoms with Gasteiger partial charge in [-0.1, -0.05) is 11.6 Å². The number of primary amides is 1. The van der Waals surface area contributed by atoms with Crippen molar-refractivity contribution in [1.82, 2.24) is 0 Å². The summed E-state index contributed by atoms with van der Waals surface area (Å²) in [6.07, 6.45) is 0.182. The van der Waals surface area contributed by atoms with Crippen LogP contribution in [0.3, 0.4) is 0 Å². The molecule has 4 N–H and O–H groups in total. The first-order chi connectivity index (χ1) is 7.50. The molecule has 1 atom stereocenters. The molecule has 0 saturated heterocycles. The predicted molar refractivity (Wildman–Crippen MR) is 63.4 cm³/mol. The van der Waals surface area contributed by atoms with Crippen LogP contribution in [0.15, 0.2) is 18.2 Å². The Morgan fingerprint density at radius 1 is 1.56 bits per heavy atom. The monoisotopic (exact) mass is 242 g/mol. The molecule has 1 amide bonds. The number of hydrogen-bond acceptors (Lipinski definition) is 3. The molecule has 4 nitrogen and oxygen atoms in total. The Morgan fingerprint density at radius 2 is 2.25 bits per heavy atom. The number of ether oxygens (including phenoxy) is 1. The second-order valence-corrected chi connectivity index (χ2v) is 3.97. The highest BCUT2D eigenvalue weighted by atomic mass is 35.5. The molecule has 0 aliphatic carbocycles. The minimum absolute atomic E-state index is 0.178. The van der Waals surface area contributed by atoms with E-state index in [-0.39, 0.29) is 19.1 Å². The van der Waals surface area contributed by atoms with E-state index in [1.165, 1.54) is 0 Å². The van der Waals surface area contributed by atoms with Gasteiger partial charge in [-0.15, -0.1) is 0 Å². The largest absolute Gasteiger partial charge is 0.493 e. The summed E-state index contributed by atoms with van der Waals surface area (Å²) < 4.78 is 5.42. The van der Waals surface area contributed by atoms with E-state index in [1.807, 2.05) is 6.92 Å². The van der Waals surface area contributed by atoms with E-state index in [2.05, 4.69) is 0 Å². The van der Waals surface area contributed by atoms with Crippen LogP contribution >= 0.6 is 11.6 Å². The Hall–Kier alpha value is -1.26. The van der Waals surface area contributed by atoms with Crippen LogP contribution in [0.5, 0.6) is 5.75 Å². The summed E-state index contributed by atoms with van der Waals surface area (Å²) in [6.45, 7) is 2.09. The number of nitrogens with two attached hydrogens (primary N) is 2. The van der Waals surface area contributed by atoms with Crippen LogP contribution in [-0.4, -0.2) is 12.5 Å². The first-order valence-corrected chi connectivity index (χ1v) is 5.34. The lowest BCUT2D eigenvalue weighted by Gasteiger charge is -2.13. The molecule has 0 aliphatic heterocycles. The van der Waals surface area contributed by atoms with Crippen molar-refractivity contribution in [3.8, 4) is 5.75 Å². The third kappa shape index (κ3) is 3.72. The Morgan fingerprint density at radius 3 is 2.81 bits per heavy atom. The topological polar surface area (TPSA) is 78.3 Å². The van der Waals surface area contributed by atoms with E-state index in [0.29, 0.717) is 10.8 Å². The quantitative estimate of drug-likeness (QED) is 0.824. The van der Waals surface area contributed by atoms with Crippen molar-refractivity contribution in [3.63, 3.8) is 0 Å². The van der Waals surface area contributed by atoms with Gasteiger partial charge in [0.1, 0.15) is 5.75 Å². The van der Waals surface area contributed by atoms with Crippen LogP contribution in [-0.2, 0) is 4.79 Å². The van der Waals surface area contributed by atoms with E-state index in [1.54, 1.807) is 18.2 Å². The first kappa shape index (κ1) is 12.8. The summed E-state index contributed by atoms with van der Waals surface area (Å²) in [6, 6.07) is 5.03. The molecular formula is C11H15ClN2O2. The van der Waals surface area contributed by atoms with Gasteiger partial charge in [0.25, 0.3) is 0 Å². The average Bonchev–Trinajstić information content (AvgIpc) is 2.19. The molecule has 0 aliphatic rings. The van der Waals surface area contributed by atoms with Gasteiger partial charge in [-0.05, 0) is 25.1 Å². The third-order valence-corrected chi connectivity index (χ3v) is 2.30. The zero-order valence-electron chi connectivity index (χ0n) is 9.07. The van der Waals surface area contributed by atoms with E-state index in [4.69, 9.17) is 27.8 Å². The fourth-order valence-electron chi connectivity index (χ4n) is 1.27. The highest BCUT2D eigenvalue weighted by Gasteiger charge is 2.09. The van der Waals surface area contributed by atoms with Gasteiger partial charge >= 0.3 is 0 Å². The van der Waals surface area contributed by atoms with Gasteiger partial charge in [-0.3, -0.25) is 4.79 Å². The van der Waals surface area contributed by atoms with Crippen molar-refractivity contribution in [2.24, 2.45) is 11.5 Å². The van der Waals surface area contributed by atoms with Crippen molar-refractivity contribution in [2.45, 2.75) is 19.4 Å². The van der Waals surface area contributed by atoms with Crippen LogP contribution in [0, 0.1) is 0 Å². The van der Waals surface area contributed by atoms with Crippen molar-refractivity contribution >= 4 is 17.5 Å². The van der Waals surface area contributed by atoms with Gasteiger partial charge in [0.2, 0.25) is 5.91 Å². The lowest BCUT2D eigenvalue weighted by Crippen LogP contribution is -2.15. The minimum atomic E-state index is -0.392. The van der Waals surface area contributed by atoms with Crippen LogP contribution in [0.2, 0.25) is 5.02 Å². The third-order valence-electron chi connectivity index (χ3n) is 2.07. The smallest absolute Gasteiger partial charge is 0.220 e. The summed E-state index contributed by atoms with van der Waals surface area (Å²) in [5.74, 6) is 0.247. The maximum absolute atomic E-state index is 10.6. The molecule has 1 unspecified atom stereocenters. The molecule has 0 saturated carbocycles. The lowest BCUT2D eigenvalue weighted by atomic mass is 10.1.